The molecule has 1 amide bonds. The highest BCUT2D eigenvalue weighted by Gasteiger charge is 2.48. The predicted octanol–water partition coefficient (Wildman–Crippen LogP) is 5.98. The predicted molar refractivity (Wildman–Crippen MR) is 140 cm³/mol. The van der Waals surface area contributed by atoms with Crippen molar-refractivity contribution in [1.82, 2.24) is 4.98 Å². The van der Waals surface area contributed by atoms with E-state index in [0.29, 0.717) is 44.9 Å². The van der Waals surface area contributed by atoms with E-state index in [0.717, 1.165) is 4.70 Å². The van der Waals surface area contributed by atoms with Gasteiger partial charge < -0.3 is 14.6 Å². The molecule has 182 valence electrons. The van der Waals surface area contributed by atoms with Crippen molar-refractivity contribution >= 4 is 55.7 Å². The number of rotatable bonds is 6. The van der Waals surface area contributed by atoms with E-state index in [-0.39, 0.29) is 11.3 Å². The number of benzene rings is 3. The SMILES string of the molecule is CCOc1ccc2nc(N3C(=O)C(=O)/C(=C(/O)c4ccc(OC)cc4)[C@H]3c3cccc(Cl)c3)sc2c1. The largest absolute Gasteiger partial charge is 0.507 e. The molecular weight excluding hydrogens is 500 g/mol. The maximum absolute atomic E-state index is 13.4. The molecule has 0 radical (unpaired) electrons. The van der Waals surface area contributed by atoms with Gasteiger partial charge in [0.2, 0.25) is 0 Å². The van der Waals surface area contributed by atoms with Gasteiger partial charge in [0.1, 0.15) is 17.3 Å². The summed E-state index contributed by atoms with van der Waals surface area (Å²) in [6.07, 6.45) is 0. The Kier molecular flexibility index (Phi) is 6.38. The van der Waals surface area contributed by atoms with Gasteiger partial charge in [0.15, 0.2) is 5.13 Å². The van der Waals surface area contributed by atoms with E-state index in [2.05, 4.69) is 4.98 Å². The number of ketones is 1. The number of nitrogens with zero attached hydrogens (tertiary/aromatic N) is 2. The summed E-state index contributed by atoms with van der Waals surface area (Å²) in [5.41, 5.74) is 1.58. The van der Waals surface area contributed by atoms with Gasteiger partial charge in [0.05, 0.1) is 35.5 Å². The Bertz CT molecular complexity index is 1510. The van der Waals surface area contributed by atoms with Gasteiger partial charge >= 0.3 is 5.91 Å². The number of fused-ring (bicyclic) bond motifs is 1. The molecule has 0 spiro atoms. The molecule has 1 aliphatic rings. The summed E-state index contributed by atoms with van der Waals surface area (Å²) in [7, 11) is 1.54. The smallest absolute Gasteiger partial charge is 0.301 e. The number of aliphatic hydroxyl groups is 1. The number of anilines is 1. The van der Waals surface area contributed by atoms with Crippen molar-refractivity contribution in [1.29, 1.82) is 0 Å². The molecule has 1 N–H and O–H groups in total. The van der Waals surface area contributed by atoms with Gasteiger partial charge in [0, 0.05) is 10.6 Å². The third kappa shape index (κ3) is 4.19. The highest BCUT2D eigenvalue weighted by Crippen LogP contribution is 2.45. The summed E-state index contributed by atoms with van der Waals surface area (Å²) in [4.78, 5) is 32.7. The number of thiazole rings is 1. The molecule has 0 saturated carbocycles. The molecule has 0 aliphatic carbocycles. The molecule has 1 aliphatic heterocycles. The van der Waals surface area contributed by atoms with Crippen LogP contribution in [-0.2, 0) is 9.59 Å². The van der Waals surface area contributed by atoms with Gasteiger partial charge in [-0.15, -0.1) is 0 Å². The normalized spacial score (nSPS) is 17.1. The lowest BCUT2D eigenvalue weighted by molar-refractivity contribution is -0.132. The number of carbonyl (C=O) groups excluding carboxylic acids is 2. The van der Waals surface area contributed by atoms with Crippen LogP contribution in [0, 0.1) is 0 Å². The average Bonchev–Trinajstić information content (AvgIpc) is 3.41. The Labute approximate surface area is 216 Å². The van der Waals surface area contributed by atoms with E-state index < -0.39 is 17.7 Å². The minimum absolute atomic E-state index is 0.0401. The summed E-state index contributed by atoms with van der Waals surface area (Å²) in [5, 5.41) is 12.0. The first kappa shape index (κ1) is 23.8. The van der Waals surface area contributed by atoms with Crippen molar-refractivity contribution in [2.24, 2.45) is 0 Å². The summed E-state index contributed by atoms with van der Waals surface area (Å²) < 4.78 is 11.6. The lowest BCUT2D eigenvalue weighted by Gasteiger charge is -2.23. The summed E-state index contributed by atoms with van der Waals surface area (Å²) in [5.74, 6) is -0.586. The Balaban J connectivity index is 1.68. The topological polar surface area (TPSA) is 89.0 Å². The summed E-state index contributed by atoms with van der Waals surface area (Å²) in [6.45, 7) is 2.42. The Morgan fingerprint density at radius 1 is 1.08 bits per heavy atom. The van der Waals surface area contributed by atoms with Gasteiger partial charge in [-0.3, -0.25) is 14.5 Å². The van der Waals surface area contributed by atoms with Crippen LogP contribution in [-0.4, -0.2) is 35.5 Å². The van der Waals surface area contributed by atoms with E-state index in [1.54, 1.807) is 48.5 Å². The number of ether oxygens (including phenoxy) is 2. The second-order valence-corrected chi connectivity index (χ2v) is 9.46. The maximum Gasteiger partial charge on any atom is 0.301 e. The van der Waals surface area contributed by atoms with Gasteiger partial charge in [-0.05, 0) is 67.1 Å². The second kappa shape index (κ2) is 9.64. The molecular formula is C27H21ClN2O5S. The van der Waals surface area contributed by atoms with Gasteiger partial charge in [-0.1, -0.05) is 35.1 Å². The second-order valence-electron chi connectivity index (χ2n) is 8.01. The number of hydrogen-bond donors (Lipinski definition) is 1. The molecule has 36 heavy (non-hydrogen) atoms. The molecule has 1 saturated heterocycles. The van der Waals surface area contributed by atoms with Crippen LogP contribution in [0.2, 0.25) is 5.02 Å². The molecule has 4 aromatic rings. The molecule has 9 heteroatoms. The zero-order valence-electron chi connectivity index (χ0n) is 19.4. The monoisotopic (exact) mass is 520 g/mol. The Morgan fingerprint density at radius 3 is 2.53 bits per heavy atom. The molecule has 0 unspecified atom stereocenters. The highest BCUT2D eigenvalue weighted by molar-refractivity contribution is 7.22. The minimum atomic E-state index is -0.919. The van der Waals surface area contributed by atoms with E-state index in [9.17, 15) is 14.7 Å². The van der Waals surface area contributed by atoms with Crippen molar-refractivity contribution in [3.8, 4) is 11.5 Å². The first-order chi connectivity index (χ1) is 17.4. The summed E-state index contributed by atoms with van der Waals surface area (Å²) >= 11 is 7.54. The molecule has 0 bridgehead atoms. The lowest BCUT2D eigenvalue weighted by atomic mass is 9.95. The van der Waals surface area contributed by atoms with Crippen LogP contribution in [0.1, 0.15) is 24.1 Å². The number of halogens is 1. The van der Waals surface area contributed by atoms with Crippen molar-refractivity contribution in [2.45, 2.75) is 13.0 Å². The van der Waals surface area contributed by atoms with E-state index in [1.165, 1.54) is 23.3 Å². The van der Waals surface area contributed by atoms with Crippen molar-refractivity contribution in [2.75, 3.05) is 18.6 Å². The number of aliphatic hydroxyl groups excluding tert-OH is 1. The maximum atomic E-state index is 13.4. The fraction of sp³-hybridized carbons (Fsp3) is 0.148. The first-order valence-corrected chi connectivity index (χ1v) is 12.3. The number of Topliss-reactive ketones (excluding diaryl/α,β-unsaturated/α-hetero) is 1. The van der Waals surface area contributed by atoms with E-state index >= 15 is 0 Å². The molecule has 1 atom stereocenters. The Hall–Kier alpha value is -3.88. The van der Waals surface area contributed by atoms with Crippen LogP contribution in [0.5, 0.6) is 11.5 Å². The number of hydrogen-bond acceptors (Lipinski definition) is 7. The lowest BCUT2D eigenvalue weighted by Crippen LogP contribution is -2.29. The van der Waals surface area contributed by atoms with Crippen LogP contribution < -0.4 is 14.4 Å². The van der Waals surface area contributed by atoms with E-state index in [4.69, 9.17) is 21.1 Å². The zero-order chi connectivity index (χ0) is 25.4. The third-order valence-corrected chi connectivity index (χ3v) is 7.09. The molecule has 1 aromatic heterocycles. The number of methoxy groups -OCH3 is 1. The first-order valence-electron chi connectivity index (χ1n) is 11.2. The number of carbonyl (C=O) groups is 2. The van der Waals surface area contributed by atoms with Crippen molar-refractivity contribution in [3.05, 3.63) is 88.5 Å². The molecule has 5 rings (SSSR count). The fourth-order valence-electron chi connectivity index (χ4n) is 4.18. The summed E-state index contributed by atoms with van der Waals surface area (Å²) in [6, 6.07) is 18.0. The van der Waals surface area contributed by atoms with Gasteiger partial charge in [0.25, 0.3) is 5.78 Å². The molecule has 3 aromatic carbocycles. The highest BCUT2D eigenvalue weighted by atomic mass is 35.5. The molecule has 2 heterocycles. The van der Waals surface area contributed by atoms with Crippen LogP contribution >= 0.6 is 22.9 Å². The third-order valence-electron chi connectivity index (χ3n) is 5.84. The number of amides is 1. The van der Waals surface area contributed by atoms with Gasteiger partial charge in [-0.2, -0.15) is 0 Å². The van der Waals surface area contributed by atoms with E-state index in [1.807, 2.05) is 25.1 Å². The Morgan fingerprint density at radius 2 is 1.83 bits per heavy atom. The average molecular weight is 521 g/mol. The number of aromatic nitrogens is 1. The van der Waals surface area contributed by atoms with Gasteiger partial charge in [-0.25, -0.2) is 4.98 Å². The van der Waals surface area contributed by atoms with Crippen LogP contribution in [0.4, 0.5) is 5.13 Å². The minimum Gasteiger partial charge on any atom is -0.507 e. The molecule has 7 nitrogen and oxygen atoms in total. The van der Waals surface area contributed by atoms with Crippen LogP contribution in [0.15, 0.2) is 72.3 Å². The van der Waals surface area contributed by atoms with Crippen molar-refractivity contribution < 1.29 is 24.2 Å². The van der Waals surface area contributed by atoms with Crippen LogP contribution in [0.3, 0.4) is 0 Å². The molecule has 1 fully saturated rings. The quantitative estimate of drug-likeness (QED) is 0.191. The zero-order valence-corrected chi connectivity index (χ0v) is 21.0. The standard InChI is InChI=1S/C27H21ClN2O5S/c1-3-35-19-11-12-20-21(14-19)36-27(29-20)30-23(16-5-4-6-17(28)13-16)22(25(32)26(30)33)24(31)15-7-9-18(34-2)10-8-15/h4-14,23,31H,3H2,1-2H3/b24-22+/t23-/m1/s1. The fourth-order valence-corrected chi connectivity index (χ4v) is 5.40. The van der Waals surface area contributed by atoms with Crippen molar-refractivity contribution in [3.63, 3.8) is 0 Å². The van der Waals surface area contributed by atoms with Crippen LogP contribution in [0.25, 0.3) is 16.0 Å².